The van der Waals surface area contributed by atoms with Gasteiger partial charge in [-0.25, -0.2) is 0 Å². The van der Waals surface area contributed by atoms with Crippen molar-refractivity contribution in [2.45, 2.75) is 51.0 Å². The van der Waals surface area contributed by atoms with E-state index in [0.29, 0.717) is 24.3 Å². The van der Waals surface area contributed by atoms with Gasteiger partial charge in [-0.15, -0.1) is 0 Å². The first kappa shape index (κ1) is 20.6. The molecule has 148 valence electrons. The maximum absolute atomic E-state index is 12.7. The molecule has 1 aromatic heterocycles. The largest absolute Gasteiger partial charge is 0.372 e. The van der Waals surface area contributed by atoms with Crippen LogP contribution in [0.4, 0.5) is 5.69 Å². The molecule has 0 aliphatic heterocycles. The topological polar surface area (TPSA) is 51.2 Å². The number of anilines is 1. The molecular weight excluding hydrogens is 372 g/mol. The summed E-state index contributed by atoms with van der Waals surface area (Å²) in [5.74, 6) is -0.0691. The van der Waals surface area contributed by atoms with E-state index in [4.69, 9.17) is 16.3 Å². The Morgan fingerprint density at radius 1 is 1.21 bits per heavy atom. The number of rotatable bonds is 4. The second-order valence-electron chi connectivity index (χ2n) is 8.25. The van der Waals surface area contributed by atoms with Gasteiger partial charge in [0.1, 0.15) is 5.60 Å². The van der Waals surface area contributed by atoms with Crippen molar-refractivity contribution in [3.05, 3.63) is 70.5 Å². The maximum Gasteiger partial charge on any atom is 0.251 e. The summed E-state index contributed by atoms with van der Waals surface area (Å²) in [6, 6.07) is 11.6. The number of hydrogen-bond donors (Lipinski definition) is 1. The lowest BCUT2D eigenvalue weighted by molar-refractivity contribution is -0.113. The molecule has 1 aromatic carbocycles. The van der Waals surface area contributed by atoms with Crippen LogP contribution in [0, 0.1) is 0 Å². The molecule has 1 aliphatic rings. The van der Waals surface area contributed by atoms with Crippen LogP contribution >= 0.6 is 11.6 Å². The molecule has 1 aliphatic carbocycles. The molecular formula is C23H27ClN2O2. The number of methoxy groups -OCH3 is 1. The third kappa shape index (κ3) is 4.29. The van der Waals surface area contributed by atoms with Gasteiger partial charge in [0, 0.05) is 31.0 Å². The Balaban J connectivity index is 1.72. The van der Waals surface area contributed by atoms with Crippen LogP contribution in [0.1, 0.15) is 51.3 Å². The summed E-state index contributed by atoms with van der Waals surface area (Å²) in [5.41, 5.74) is 3.03. The number of carbonyl (C=O) groups excluding carboxylic acids is 1. The summed E-state index contributed by atoms with van der Waals surface area (Å²) in [7, 11) is 1.67. The fourth-order valence-electron chi connectivity index (χ4n) is 3.52. The SMILES string of the molecule is COC1(c2ncccc2Cl)CC=C(C(=O)Nc2ccc(C(C)(C)C)cc2)CC1. The second kappa shape index (κ2) is 8.06. The zero-order valence-electron chi connectivity index (χ0n) is 16.9. The highest BCUT2D eigenvalue weighted by Crippen LogP contribution is 2.41. The van der Waals surface area contributed by atoms with Crippen molar-refractivity contribution in [1.82, 2.24) is 4.98 Å². The van der Waals surface area contributed by atoms with Gasteiger partial charge >= 0.3 is 0 Å². The first-order chi connectivity index (χ1) is 13.2. The molecule has 1 atom stereocenters. The van der Waals surface area contributed by atoms with Crippen LogP contribution in [0.3, 0.4) is 0 Å². The number of carbonyl (C=O) groups is 1. The van der Waals surface area contributed by atoms with Gasteiger partial charge in [-0.2, -0.15) is 0 Å². The van der Waals surface area contributed by atoms with E-state index in [2.05, 4.69) is 43.2 Å². The van der Waals surface area contributed by atoms with Gasteiger partial charge in [0.25, 0.3) is 5.91 Å². The first-order valence-corrected chi connectivity index (χ1v) is 9.90. The van der Waals surface area contributed by atoms with Gasteiger partial charge in [-0.1, -0.05) is 50.6 Å². The number of ether oxygens (including phenoxy) is 1. The molecule has 1 amide bonds. The van der Waals surface area contributed by atoms with E-state index >= 15 is 0 Å². The number of nitrogens with zero attached hydrogens (tertiary/aromatic N) is 1. The molecule has 0 saturated carbocycles. The highest BCUT2D eigenvalue weighted by Gasteiger charge is 2.37. The van der Waals surface area contributed by atoms with E-state index < -0.39 is 5.60 Å². The number of halogens is 1. The molecule has 0 spiro atoms. The lowest BCUT2D eigenvalue weighted by Gasteiger charge is -2.35. The van der Waals surface area contributed by atoms with Gasteiger partial charge in [-0.05, 0) is 48.1 Å². The minimum absolute atomic E-state index is 0.0691. The Kier molecular flexibility index (Phi) is 5.92. The van der Waals surface area contributed by atoms with Gasteiger partial charge in [-0.3, -0.25) is 9.78 Å². The van der Waals surface area contributed by atoms with Crippen LogP contribution in [0.25, 0.3) is 0 Å². The van der Waals surface area contributed by atoms with Gasteiger partial charge in [0.15, 0.2) is 0 Å². The molecule has 4 nitrogen and oxygen atoms in total. The molecule has 1 unspecified atom stereocenters. The number of amides is 1. The third-order valence-electron chi connectivity index (χ3n) is 5.36. The third-order valence-corrected chi connectivity index (χ3v) is 5.66. The van der Waals surface area contributed by atoms with Crippen LogP contribution in [-0.2, 0) is 20.5 Å². The first-order valence-electron chi connectivity index (χ1n) is 9.52. The van der Waals surface area contributed by atoms with Crippen molar-refractivity contribution in [1.29, 1.82) is 0 Å². The highest BCUT2D eigenvalue weighted by atomic mass is 35.5. The molecule has 5 heteroatoms. The average Bonchev–Trinajstić information content (AvgIpc) is 2.68. The van der Waals surface area contributed by atoms with Crippen LogP contribution in [0.2, 0.25) is 5.02 Å². The summed E-state index contributed by atoms with van der Waals surface area (Å²) in [5, 5.41) is 3.58. The van der Waals surface area contributed by atoms with Crippen molar-refractivity contribution in [3.8, 4) is 0 Å². The molecule has 1 heterocycles. The zero-order valence-corrected chi connectivity index (χ0v) is 17.6. The molecule has 0 radical (unpaired) electrons. The molecule has 3 rings (SSSR count). The molecule has 1 N–H and O–H groups in total. The van der Waals surface area contributed by atoms with Crippen molar-refractivity contribution in [2.75, 3.05) is 12.4 Å². The van der Waals surface area contributed by atoms with E-state index in [0.717, 1.165) is 17.0 Å². The van der Waals surface area contributed by atoms with E-state index in [-0.39, 0.29) is 11.3 Å². The Bertz CT molecular complexity index is 884. The monoisotopic (exact) mass is 398 g/mol. The standard InChI is InChI=1S/C23H27ClN2O2/c1-22(2,3)17-7-9-18(10-8-17)26-21(27)16-11-13-23(28-4,14-12-16)20-19(24)6-5-15-25-20/h5-11,15H,12-14H2,1-4H3,(H,26,27). The molecule has 0 saturated heterocycles. The predicted octanol–water partition coefficient (Wildman–Crippen LogP) is 5.62. The fourth-order valence-corrected chi connectivity index (χ4v) is 3.81. The predicted molar refractivity (Wildman–Crippen MR) is 114 cm³/mol. The number of nitrogens with one attached hydrogen (secondary N) is 1. The van der Waals surface area contributed by atoms with E-state index in [1.165, 1.54) is 5.56 Å². The van der Waals surface area contributed by atoms with Crippen molar-refractivity contribution < 1.29 is 9.53 Å². The minimum Gasteiger partial charge on any atom is -0.372 e. The quantitative estimate of drug-likeness (QED) is 0.726. The smallest absolute Gasteiger partial charge is 0.251 e. The van der Waals surface area contributed by atoms with E-state index in [9.17, 15) is 4.79 Å². The number of hydrogen-bond acceptors (Lipinski definition) is 3. The van der Waals surface area contributed by atoms with Crippen molar-refractivity contribution >= 4 is 23.2 Å². The van der Waals surface area contributed by atoms with E-state index in [1.807, 2.05) is 24.3 Å². The van der Waals surface area contributed by atoms with Crippen LogP contribution in [0.15, 0.2) is 54.2 Å². The van der Waals surface area contributed by atoms with Crippen LogP contribution in [-0.4, -0.2) is 18.0 Å². The lowest BCUT2D eigenvalue weighted by atomic mass is 9.82. The Labute approximate surface area is 172 Å². The number of aromatic nitrogens is 1. The molecule has 2 aromatic rings. The Morgan fingerprint density at radius 2 is 1.93 bits per heavy atom. The maximum atomic E-state index is 12.7. The summed E-state index contributed by atoms with van der Waals surface area (Å²) < 4.78 is 5.81. The summed E-state index contributed by atoms with van der Waals surface area (Å²) in [4.78, 5) is 17.1. The zero-order chi connectivity index (χ0) is 20.4. The average molecular weight is 399 g/mol. The van der Waals surface area contributed by atoms with Gasteiger partial charge < -0.3 is 10.1 Å². The Morgan fingerprint density at radius 3 is 2.46 bits per heavy atom. The number of pyridine rings is 1. The molecule has 0 fully saturated rings. The fraction of sp³-hybridized carbons (Fsp3) is 0.391. The van der Waals surface area contributed by atoms with Crippen molar-refractivity contribution in [3.63, 3.8) is 0 Å². The van der Waals surface area contributed by atoms with Crippen LogP contribution in [0.5, 0.6) is 0 Å². The normalized spacial score (nSPS) is 19.8. The van der Waals surface area contributed by atoms with Gasteiger partial charge in [0.2, 0.25) is 0 Å². The lowest BCUT2D eigenvalue weighted by Crippen LogP contribution is -2.33. The summed E-state index contributed by atoms with van der Waals surface area (Å²) in [6.45, 7) is 6.51. The molecule has 28 heavy (non-hydrogen) atoms. The summed E-state index contributed by atoms with van der Waals surface area (Å²) >= 11 is 6.33. The Hall–Kier alpha value is -2.17. The van der Waals surface area contributed by atoms with E-state index in [1.54, 1.807) is 19.4 Å². The highest BCUT2D eigenvalue weighted by molar-refractivity contribution is 6.31. The molecule has 0 bridgehead atoms. The minimum atomic E-state index is -0.587. The van der Waals surface area contributed by atoms with Gasteiger partial charge in [0.05, 0.1) is 10.7 Å². The second-order valence-corrected chi connectivity index (χ2v) is 8.65. The summed E-state index contributed by atoms with van der Waals surface area (Å²) in [6.07, 6.45) is 5.48. The van der Waals surface area contributed by atoms with Crippen LogP contribution < -0.4 is 5.32 Å². The van der Waals surface area contributed by atoms with Crippen molar-refractivity contribution in [2.24, 2.45) is 0 Å². The number of benzene rings is 1.